The van der Waals surface area contributed by atoms with Gasteiger partial charge in [0, 0.05) is 14.1 Å². The van der Waals surface area contributed by atoms with Gasteiger partial charge in [0.05, 0.1) is 24.7 Å². The first-order valence-corrected chi connectivity index (χ1v) is 12.4. The number of carboxylic acid groups (broad SMARTS) is 1. The first kappa shape index (κ1) is 26.2. The Bertz CT molecular complexity index is 1290. The Morgan fingerprint density at radius 2 is 1.73 bits per heavy atom. The molecule has 2 N–H and O–H groups in total. The van der Waals surface area contributed by atoms with Gasteiger partial charge in [-0.2, -0.15) is 0 Å². The zero-order valence-corrected chi connectivity index (χ0v) is 21.3. The molecule has 0 saturated heterocycles. The van der Waals surface area contributed by atoms with Crippen LogP contribution in [0.5, 0.6) is 0 Å². The summed E-state index contributed by atoms with van der Waals surface area (Å²) in [4.78, 5) is 36.9. The first-order valence-electron chi connectivity index (χ1n) is 12.4. The average molecular weight is 508 g/mol. The van der Waals surface area contributed by atoms with Gasteiger partial charge < -0.3 is 14.6 Å². The molecule has 1 heterocycles. The molecule has 4 rings (SSSR count). The fraction of sp³-hybridized carbons (Fsp3) is 0.393. The Morgan fingerprint density at radius 1 is 1.05 bits per heavy atom. The Kier molecular flexibility index (Phi) is 8.13. The van der Waals surface area contributed by atoms with Gasteiger partial charge in [-0.3, -0.25) is 24.3 Å². The van der Waals surface area contributed by atoms with E-state index in [2.05, 4.69) is 5.32 Å². The smallest absolute Gasteiger partial charge is 0.413 e. The van der Waals surface area contributed by atoms with Gasteiger partial charge >= 0.3 is 12.1 Å². The minimum atomic E-state index is -0.863. The molecule has 1 aliphatic rings. The number of hydrogen-bond donors (Lipinski definition) is 2. The van der Waals surface area contributed by atoms with Crippen molar-refractivity contribution in [2.45, 2.75) is 51.4 Å². The lowest BCUT2D eigenvalue weighted by molar-refractivity contribution is -0.140. The normalized spacial score (nSPS) is 14.7. The molecule has 2 unspecified atom stereocenters. The maximum atomic E-state index is 13.0. The highest BCUT2D eigenvalue weighted by molar-refractivity contribution is 5.90. The van der Waals surface area contributed by atoms with Crippen LogP contribution in [0.1, 0.15) is 49.8 Å². The molecule has 1 fully saturated rings. The average Bonchev–Trinajstić information content (AvgIpc) is 3.67. The van der Waals surface area contributed by atoms with Crippen molar-refractivity contribution in [2.24, 2.45) is 20.0 Å². The van der Waals surface area contributed by atoms with Crippen molar-refractivity contribution < 1.29 is 24.2 Å². The minimum Gasteiger partial charge on any atom is -0.481 e. The lowest BCUT2D eigenvalue weighted by Crippen LogP contribution is -2.20. The quantitative estimate of drug-likeness (QED) is 0.383. The molecule has 1 amide bonds. The van der Waals surface area contributed by atoms with Crippen LogP contribution in [0.2, 0.25) is 0 Å². The van der Waals surface area contributed by atoms with E-state index in [0.29, 0.717) is 22.9 Å². The number of carboxylic acids is 1. The van der Waals surface area contributed by atoms with E-state index in [1.807, 2.05) is 42.5 Å². The fourth-order valence-electron chi connectivity index (χ4n) is 4.31. The Balaban J connectivity index is 1.46. The molecule has 0 bridgehead atoms. The van der Waals surface area contributed by atoms with E-state index >= 15 is 0 Å². The standard InChI is InChI=1S/C28H33N3O6/c1-18(21-7-5-4-6-8-21)37-28(35)29-26-25(27(34)31(3)30(26)2)22-13-11-20(12-14-22)17-36-23(16-24(32)33)15-19-9-10-19/h4-8,11-14,18-19,23H,9-10,15-17H2,1-3H3,(H,29,35)(H,32,33). The molecular weight excluding hydrogens is 474 g/mol. The fourth-order valence-corrected chi connectivity index (χ4v) is 4.31. The summed E-state index contributed by atoms with van der Waals surface area (Å²) < 4.78 is 14.4. The van der Waals surface area contributed by atoms with Gasteiger partial charge in [0.1, 0.15) is 11.9 Å². The molecule has 1 aromatic heterocycles. The zero-order chi connectivity index (χ0) is 26.5. The number of nitrogens with zero attached hydrogens (tertiary/aromatic N) is 2. The number of carbonyl (C=O) groups excluding carboxylic acids is 1. The highest BCUT2D eigenvalue weighted by Gasteiger charge is 2.27. The van der Waals surface area contributed by atoms with Crippen molar-refractivity contribution in [2.75, 3.05) is 5.32 Å². The summed E-state index contributed by atoms with van der Waals surface area (Å²) in [6.07, 6.45) is 1.58. The van der Waals surface area contributed by atoms with E-state index in [-0.39, 0.29) is 24.7 Å². The van der Waals surface area contributed by atoms with Crippen LogP contribution in [-0.2, 0) is 35.0 Å². The van der Waals surface area contributed by atoms with Gasteiger partial charge in [-0.15, -0.1) is 0 Å². The predicted molar refractivity (Wildman–Crippen MR) is 139 cm³/mol. The molecule has 1 saturated carbocycles. The summed E-state index contributed by atoms with van der Waals surface area (Å²) in [5.41, 5.74) is 2.45. The number of hydrogen-bond acceptors (Lipinski definition) is 5. The van der Waals surface area contributed by atoms with E-state index < -0.39 is 18.2 Å². The number of ether oxygens (including phenoxy) is 2. The number of amides is 1. The highest BCUT2D eigenvalue weighted by atomic mass is 16.6. The van der Waals surface area contributed by atoms with Gasteiger partial charge in [0.15, 0.2) is 0 Å². The van der Waals surface area contributed by atoms with Crippen LogP contribution in [0.15, 0.2) is 59.4 Å². The van der Waals surface area contributed by atoms with Crippen molar-refractivity contribution in [1.82, 2.24) is 9.36 Å². The number of carbonyl (C=O) groups is 2. The summed E-state index contributed by atoms with van der Waals surface area (Å²) in [5, 5.41) is 11.9. The summed E-state index contributed by atoms with van der Waals surface area (Å²) in [6.45, 7) is 2.07. The molecule has 0 aliphatic heterocycles. The van der Waals surface area contributed by atoms with Crippen LogP contribution in [0.3, 0.4) is 0 Å². The van der Waals surface area contributed by atoms with Crippen LogP contribution in [0, 0.1) is 5.92 Å². The topological polar surface area (TPSA) is 112 Å². The van der Waals surface area contributed by atoms with Crippen LogP contribution in [0.25, 0.3) is 11.1 Å². The summed E-state index contributed by atoms with van der Waals surface area (Å²) >= 11 is 0. The van der Waals surface area contributed by atoms with Crippen LogP contribution >= 0.6 is 0 Å². The van der Waals surface area contributed by atoms with Crippen LogP contribution < -0.4 is 10.9 Å². The monoisotopic (exact) mass is 507 g/mol. The second-order valence-corrected chi connectivity index (χ2v) is 9.57. The SMILES string of the molecule is CC(OC(=O)Nc1c(-c2ccc(COC(CC(=O)O)CC3CC3)cc2)c(=O)n(C)n1C)c1ccccc1. The molecule has 2 atom stereocenters. The number of aromatic nitrogens is 2. The van der Waals surface area contributed by atoms with Crippen LogP contribution in [-0.4, -0.2) is 32.6 Å². The van der Waals surface area contributed by atoms with Crippen molar-refractivity contribution in [3.8, 4) is 11.1 Å². The van der Waals surface area contributed by atoms with E-state index in [1.54, 1.807) is 37.8 Å². The summed E-state index contributed by atoms with van der Waals surface area (Å²) in [5.74, 6) is 0.0275. The van der Waals surface area contributed by atoms with Crippen molar-refractivity contribution in [3.63, 3.8) is 0 Å². The minimum absolute atomic E-state index is 0.0113. The number of anilines is 1. The van der Waals surface area contributed by atoms with Gasteiger partial charge in [-0.05, 0) is 36.0 Å². The lowest BCUT2D eigenvalue weighted by atomic mass is 10.1. The largest absolute Gasteiger partial charge is 0.481 e. The Labute approximate surface area is 215 Å². The Hall–Kier alpha value is -3.85. The predicted octanol–water partition coefficient (Wildman–Crippen LogP) is 4.86. The lowest BCUT2D eigenvalue weighted by Gasteiger charge is -2.16. The maximum Gasteiger partial charge on any atom is 0.413 e. The van der Waals surface area contributed by atoms with E-state index in [0.717, 1.165) is 30.4 Å². The molecule has 3 aromatic rings. The first-order chi connectivity index (χ1) is 17.7. The number of nitrogens with one attached hydrogen (secondary N) is 1. The maximum absolute atomic E-state index is 13.0. The van der Waals surface area contributed by atoms with E-state index in [4.69, 9.17) is 14.6 Å². The third-order valence-corrected chi connectivity index (χ3v) is 6.72. The third-order valence-electron chi connectivity index (χ3n) is 6.72. The van der Waals surface area contributed by atoms with Crippen molar-refractivity contribution >= 4 is 17.9 Å². The van der Waals surface area contributed by atoms with Gasteiger partial charge in [-0.25, -0.2) is 4.79 Å². The molecule has 1 aliphatic carbocycles. The summed E-state index contributed by atoms with van der Waals surface area (Å²) in [6, 6.07) is 16.7. The highest BCUT2D eigenvalue weighted by Crippen LogP contribution is 2.35. The second kappa shape index (κ2) is 11.5. The molecule has 9 nitrogen and oxygen atoms in total. The van der Waals surface area contributed by atoms with E-state index in [9.17, 15) is 14.4 Å². The summed E-state index contributed by atoms with van der Waals surface area (Å²) in [7, 11) is 3.31. The van der Waals surface area contributed by atoms with Crippen molar-refractivity contribution in [3.05, 3.63) is 76.1 Å². The number of aliphatic carboxylic acids is 1. The van der Waals surface area contributed by atoms with Gasteiger partial charge in [-0.1, -0.05) is 67.4 Å². The number of benzene rings is 2. The van der Waals surface area contributed by atoms with Gasteiger partial charge in [0.2, 0.25) is 0 Å². The van der Waals surface area contributed by atoms with E-state index in [1.165, 1.54) is 4.68 Å². The second-order valence-electron chi connectivity index (χ2n) is 9.57. The molecule has 37 heavy (non-hydrogen) atoms. The molecule has 2 aromatic carbocycles. The zero-order valence-electron chi connectivity index (χ0n) is 21.3. The molecular formula is C28H33N3O6. The molecule has 9 heteroatoms. The molecule has 196 valence electrons. The Morgan fingerprint density at radius 3 is 2.35 bits per heavy atom. The van der Waals surface area contributed by atoms with Crippen molar-refractivity contribution in [1.29, 1.82) is 0 Å². The molecule has 0 radical (unpaired) electrons. The molecule has 0 spiro atoms. The van der Waals surface area contributed by atoms with Gasteiger partial charge in [0.25, 0.3) is 5.56 Å². The third kappa shape index (κ3) is 6.68. The number of rotatable bonds is 11. The van der Waals surface area contributed by atoms with Crippen LogP contribution in [0.4, 0.5) is 10.6 Å².